The summed E-state index contributed by atoms with van der Waals surface area (Å²) in [6, 6.07) is 10.6. The number of ether oxygens (including phenoxy) is 1. The number of thioether (sulfide) groups is 1. The molecule has 11 heteroatoms. The number of carboxylic acid groups (broad SMARTS) is 1. The summed E-state index contributed by atoms with van der Waals surface area (Å²) in [7, 11) is 1.59. The van der Waals surface area contributed by atoms with Crippen molar-refractivity contribution in [1.29, 1.82) is 0 Å². The smallest absolute Gasteiger partial charge is 0.452 e. The highest BCUT2D eigenvalue weighted by atomic mass is 35.5. The molecule has 0 saturated carbocycles. The highest BCUT2D eigenvalue weighted by Crippen LogP contribution is 2.47. The number of methoxy groups -OCH3 is 1. The number of halogens is 4. The number of hydrogen-bond donors (Lipinski definition) is 1. The molecule has 0 amide bonds. The highest BCUT2D eigenvalue weighted by Gasteiger charge is 2.40. The Bertz CT molecular complexity index is 1150. The molecule has 1 aliphatic heterocycles. The minimum absolute atomic E-state index is 0.230. The van der Waals surface area contributed by atoms with Gasteiger partial charge in [-0.05, 0) is 47.9 Å². The minimum Gasteiger partial charge on any atom is -0.496 e. The van der Waals surface area contributed by atoms with Crippen LogP contribution in [-0.4, -0.2) is 33.0 Å². The lowest BCUT2D eigenvalue weighted by Gasteiger charge is -2.21. The first-order valence-electron chi connectivity index (χ1n) is 9.30. The van der Waals surface area contributed by atoms with E-state index in [2.05, 4.69) is 10.2 Å². The Hall–Kier alpha value is -2.72. The predicted octanol–water partition coefficient (Wildman–Crippen LogP) is 5.68. The van der Waals surface area contributed by atoms with Crippen LogP contribution in [0.25, 0.3) is 5.69 Å². The maximum absolute atomic E-state index is 13.5. The van der Waals surface area contributed by atoms with Crippen LogP contribution in [-0.2, 0) is 16.7 Å². The Morgan fingerprint density at radius 2 is 1.94 bits per heavy atom. The van der Waals surface area contributed by atoms with Crippen molar-refractivity contribution < 1.29 is 27.8 Å². The van der Waals surface area contributed by atoms with E-state index in [4.69, 9.17) is 26.2 Å². The SMILES string of the molecule is CC(=O)O.COc1cccc([C@H]2SCc3nnc(C(F)(F)F)n3-c3ccc(Cl)cc32)c1C. The van der Waals surface area contributed by atoms with Gasteiger partial charge in [0.25, 0.3) is 5.97 Å². The molecular weight excluding hydrogens is 467 g/mol. The topological polar surface area (TPSA) is 77.2 Å². The van der Waals surface area contributed by atoms with Crippen molar-refractivity contribution in [3.63, 3.8) is 0 Å². The molecule has 170 valence electrons. The Kier molecular flexibility index (Phi) is 7.04. The van der Waals surface area contributed by atoms with Crippen LogP contribution in [0.1, 0.15) is 40.5 Å². The number of hydrogen-bond acceptors (Lipinski definition) is 5. The lowest BCUT2D eigenvalue weighted by molar-refractivity contribution is -0.146. The Morgan fingerprint density at radius 1 is 1.25 bits per heavy atom. The standard InChI is InChI=1S/C19H15ClF3N3OS.C2H4O2/c1-10-12(4-3-5-15(10)27-2)17-13-8-11(20)6-7-14(13)26-16(9-28-17)24-25-18(26)19(21,22)23;1-2(3)4/h3-8,17H,9H2,1-2H3;1H3,(H,3,4)/t17-;/m1./s1. The molecule has 2 heterocycles. The minimum atomic E-state index is -4.61. The number of alkyl halides is 3. The molecule has 0 aliphatic carbocycles. The number of rotatable bonds is 2. The third-order valence-electron chi connectivity index (χ3n) is 4.70. The summed E-state index contributed by atoms with van der Waals surface area (Å²) in [4.78, 5) is 9.00. The van der Waals surface area contributed by atoms with E-state index < -0.39 is 18.0 Å². The Balaban J connectivity index is 0.000000668. The van der Waals surface area contributed by atoms with Gasteiger partial charge < -0.3 is 9.84 Å². The summed E-state index contributed by atoms with van der Waals surface area (Å²) in [5.74, 6) is -0.614. The van der Waals surface area contributed by atoms with Crippen LogP contribution < -0.4 is 4.74 Å². The van der Waals surface area contributed by atoms with Crippen molar-refractivity contribution >= 4 is 29.3 Å². The molecule has 6 nitrogen and oxygen atoms in total. The fourth-order valence-electron chi connectivity index (χ4n) is 3.43. The first-order valence-corrected chi connectivity index (χ1v) is 10.7. The predicted molar refractivity (Wildman–Crippen MR) is 116 cm³/mol. The third kappa shape index (κ3) is 4.86. The molecule has 1 N–H and O–H groups in total. The van der Waals surface area contributed by atoms with Gasteiger partial charge >= 0.3 is 6.18 Å². The number of aromatic nitrogens is 3. The fraction of sp³-hybridized carbons (Fsp3) is 0.286. The normalized spacial score (nSPS) is 15.0. The van der Waals surface area contributed by atoms with Gasteiger partial charge in [-0.1, -0.05) is 23.7 Å². The summed E-state index contributed by atoms with van der Waals surface area (Å²) in [5.41, 5.74) is 2.95. The zero-order valence-corrected chi connectivity index (χ0v) is 18.8. The van der Waals surface area contributed by atoms with Gasteiger partial charge in [0.15, 0.2) is 0 Å². The van der Waals surface area contributed by atoms with E-state index in [0.29, 0.717) is 16.3 Å². The van der Waals surface area contributed by atoms with Crippen LogP contribution in [0.4, 0.5) is 13.2 Å². The van der Waals surface area contributed by atoms with Gasteiger partial charge in [-0.15, -0.1) is 22.0 Å². The molecule has 1 atom stereocenters. The van der Waals surface area contributed by atoms with Crippen LogP contribution in [0, 0.1) is 6.92 Å². The van der Waals surface area contributed by atoms with Crippen molar-refractivity contribution in [1.82, 2.24) is 14.8 Å². The van der Waals surface area contributed by atoms with Gasteiger partial charge in [-0.25, -0.2) is 0 Å². The summed E-state index contributed by atoms with van der Waals surface area (Å²) in [6.07, 6.45) is -4.61. The van der Waals surface area contributed by atoms with Gasteiger partial charge in [0.2, 0.25) is 5.82 Å². The van der Waals surface area contributed by atoms with E-state index in [9.17, 15) is 13.2 Å². The van der Waals surface area contributed by atoms with Crippen LogP contribution in [0.2, 0.25) is 5.02 Å². The molecule has 0 fully saturated rings. The van der Waals surface area contributed by atoms with E-state index >= 15 is 0 Å². The average Bonchev–Trinajstić information content (AvgIpc) is 3.07. The largest absolute Gasteiger partial charge is 0.496 e. The van der Waals surface area contributed by atoms with Crippen molar-refractivity contribution in [3.05, 3.63) is 69.8 Å². The molecule has 3 aromatic rings. The molecule has 0 radical (unpaired) electrons. The number of aliphatic carboxylic acids is 1. The summed E-state index contributed by atoms with van der Waals surface area (Å²) < 4.78 is 47.1. The molecule has 0 saturated heterocycles. The van der Waals surface area contributed by atoms with Crippen LogP contribution >= 0.6 is 23.4 Å². The van der Waals surface area contributed by atoms with Gasteiger partial charge in [0.1, 0.15) is 11.6 Å². The second-order valence-corrected chi connectivity index (χ2v) is 8.39. The summed E-state index contributed by atoms with van der Waals surface area (Å²) >= 11 is 7.70. The zero-order valence-electron chi connectivity index (χ0n) is 17.3. The fourth-order valence-corrected chi connectivity index (χ4v) is 4.91. The molecule has 2 aromatic carbocycles. The summed E-state index contributed by atoms with van der Waals surface area (Å²) in [6.45, 7) is 3.02. The molecule has 1 aromatic heterocycles. The van der Waals surface area contributed by atoms with E-state index in [1.54, 1.807) is 25.3 Å². The van der Waals surface area contributed by atoms with Gasteiger partial charge in [0, 0.05) is 11.9 Å². The first-order chi connectivity index (χ1) is 15.0. The lowest BCUT2D eigenvalue weighted by Crippen LogP contribution is -2.16. The quantitative estimate of drug-likeness (QED) is 0.503. The summed E-state index contributed by atoms with van der Waals surface area (Å²) in [5, 5.41) is 14.8. The van der Waals surface area contributed by atoms with Crippen molar-refractivity contribution in [2.75, 3.05) is 7.11 Å². The van der Waals surface area contributed by atoms with E-state index in [1.807, 2.05) is 25.1 Å². The zero-order chi connectivity index (χ0) is 23.6. The number of carboxylic acids is 1. The van der Waals surface area contributed by atoms with Crippen molar-refractivity contribution in [2.45, 2.75) is 31.0 Å². The number of nitrogens with zero attached hydrogens (tertiary/aromatic N) is 3. The number of carbonyl (C=O) groups is 1. The average molecular weight is 486 g/mol. The van der Waals surface area contributed by atoms with Crippen LogP contribution in [0.5, 0.6) is 5.75 Å². The van der Waals surface area contributed by atoms with Gasteiger partial charge in [-0.3, -0.25) is 9.36 Å². The second kappa shape index (κ2) is 9.41. The third-order valence-corrected chi connectivity index (χ3v) is 6.21. The van der Waals surface area contributed by atoms with Gasteiger partial charge in [0.05, 0.1) is 23.8 Å². The molecular formula is C21H19ClF3N3O3S. The molecule has 1 aliphatic rings. The molecule has 0 spiro atoms. The van der Waals surface area contributed by atoms with E-state index in [-0.39, 0.29) is 16.8 Å². The maximum atomic E-state index is 13.5. The highest BCUT2D eigenvalue weighted by molar-refractivity contribution is 7.99. The second-order valence-electron chi connectivity index (χ2n) is 6.86. The molecule has 0 bridgehead atoms. The number of benzene rings is 2. The monoisotopic (exact) mass is 485 g/mol. The van der Waals surface area contributed by atoms with Crippen LogP contribution in [0.15, 0.2) is 36.4 Å². The Labute approximate surface area is 191 Å². The first kappa shape index (κ1) is 23.9. The lowest BCUT2D eigenvalue weighted by atomic mass is 9.98. The van der Waals surface area contributed by atoms with E-state index in [1.165, 1.54) is 11.8 Å². The van der Waals surface area contributed by atoms with Crippen LogP contribution in [0.3, 0.4) is 0 Å². The van der Waals surface area contributed by atoms with Crippen molar-refractivity contribution in [3.8, 4) is 11.4 Å². The maximum Gasteiger partial charge on any atom is 0.452 e. The molecule has 4 rings (SSSR count). The van der Waals surface area contributed by atoms with E-state index in [0.717, 1.165) is 28.4 Å². The van der Waals surface area contributed by atoms with Crippen molar-refractivity contribution in [2.24, 2.45) is 0 Å². The Morgan fingerprint density at radius 3 is 2.56 bits per heavy atom. The molecule has 0 unspecified atom stereocenters. The number of fused-ring (bicyclic) bond motifs is 3. The van der Waals surface area contributed by atoms with Gasteiger partial charge in [-0.2, -0.15) is 13.2 Å². The molecule has 32 heavy (non-hydrogen) atoms.